The zero-order valence-electron chi connectivity index (χ0n) is 18.4. The predicted molar refractivity (Wildman–Crippen MR) is 133 cm³/mol. The third kappa shape index (κ3) is 5.71. The summed E-state index contributed by atoms with van der Waals surface area (Å²) < 4.78 is 11.5. The van der Waals surface area contributed by atoms with Crippen LogP contribution in [0.1, 0.15) is 41.3 Å². The first-order valence-electron chi connectivity index (χ1n) is 10.1. The maximum Gasteiger partial charge on any atom is 0.251 e. The average Bonchev–Trinajstić information content (AvgIpc) is 2.80. The van der Waals surface area contributed by atoms with E-state index in [1.807, 2.05) is 36.6 Å². The molecule has 168 valence electrons. The van der Waals surface area contributed by atoms with Crippen LogP contribution in [0, 0.1) is 0 Å². The van der Waals surface area contributed by atoms with E-state index >= 15 is 0 Å². The molecule has 0 saturated heterocycles. The molecule has 4 nitrogen and oxygen atoms in total. The first-order chi connectivity index (χ1) is 15.3. The van der Waals surface area contributed by atoms with Gasteiger partial charge < -0.3 is 14.8 Å². The van der Waals surface area contributed by atoms with Gasteiger partial charge >= 0.3 is 0 Å². The number of halogens is 2. The number of hydrogen-bond acceptors (Lipinski definition) is 4. The van der Waals surface area contributed by atoms with Gasteiger partial charge in [0.1, 0.15) is 11.5 Å². The average molecular weight is 490 g/mol. The molecular formula is C25H25Cl2NO3S. The standard InChI is InChI=1S/C25H25Cl2NO3S/c1-15(2)20-13-18(8-12-22(20)30-3)31-24-21(26)11-7-17(23(24)27)14-28-25(29)16-5-9-19(32-4)10-6-16/h5-13,15H,14H2,1-4H3,(H,28,29). The summed E-state index contributed by atoms with van der Waals surface area (Å²) in [4.78, 5) is 13.6. The highest BCUT2D eigenvalue weighted by Gasteiger charge is 2.16. The third-order valence-electron chi connectivity index (χ3n) is 4.96. The minimum absolute atomic E-state index is 0.178. The van der Waals surface area contributed by atoms with Gasteiger partial charge in [-0.3, -0.25) is 4.79 Å². The lowest BCUT2D eigenvalue weighted by atomic mass is 10.0. The Hall–Kier alpha value is -2.34. The van der Waals surface area contributed by atoms with Gasteiger partial charge in [-0.05, 0) is 66.3 Å². The number of nitrogens with one attached hydrogen (secondary N) is 1. The second-order valence-corrected chi connectivity index (χ2v) is 9.09. The van der Waals surface area contributed by atoms with Crippen LogP contribution in [-0.2, 0) is 6.54 Å². The Labute approximate surface area is 203 Å². The summed E-state index contributed by atoms with van der Waals surface area (Å²) in [6.45, 7) is 4.41. The van der Waals surface area contributed by atoms with E-state index in [1.54, 1.807) is 43.1 Å². The number of carbonyl (C=O) groups is 1. The van der Waals surface area contributed by atoms with Gasteiger partial charge in [-0.2, -0.15) is 0 Å². The molecular weight excluding hydrogens is 465 g/mol. The van der Waals surface area contributed by atoms with E-state index in [2.05, 4.69) is 19.2 Å². The Morgan fingerprint density at radius 3 is 2.41 bits per heavy atom. The minimum Gasteiger partial charge on any atom is -0.496 e. The Bertz CT molecular complexity index is 1100. The van der Waals surface area contributed by atoms with Gasteiger partial charge in [0.05, 0.1) is 17.2 Å². The number of methoxy groups -OCH3 is 1. The molecule has 0 aliphatic heterocycles. The van der Waals surface area contributed by atoms with Gasteiger partial charge in [0.15, 0.2) is 5.75 Å². The maximum absolute atomic E-state index is 12.5. The molecule has 32 heavy (non-hydrogen) atoms. The number of rotatable bonds is 8. The van der Waals surface area contributed by atoms with Gasteiger partial charge in [-0.25, -0.2) is 0 Å². The van der Waals surface area contributed by atoms with E-state index in [4.69, 9.17) is 32.7 Å². The third-order valence-corrected chi connectivity index (χ3v) is 6.42. The molecule has 0 saturated carbocycles. The summed E-state index contributed by atoms with van der Waals surface area (Å²) >= 11 is 14.6. The second-order valence-electron chi connectivity index (χ2n) is 7.42. The Balaban J connectivity index is 1.78. The molecule has 0 aromatic heterocycles. The van der Waals surface area contributed by atoms with Crippen LogP contribution in [-0.4, -0.2) is 19.3 Å². The van der Waals surface area contributed by atoms with Crippen LogP contribution in [0.3, 0.4) is 0 Å². The van der Waals surface area contributed by atoms with E-state index < -0.39 is 0 Å². The van der Waals surface area contributed by atoms with Crippen LogP contribution in [0.25, 0.3) is 0 Å². The topological polar surface area (TPSA) is 47.6 Å². The summed E-state index contributed by atoms with van der Waals surface area (Å²) in [5, 5.41) is 3.65. The highest BCUT2D eigenvalue weighted by atomic mass is 35.5. The normalized spacial score (nSPS) is 10.8. The van der Waals surface area contributed by atoms with Crippen LogP contribution in [0.2, 0.25) is 10.0 Å². The maximum atomic E-state index is 12.5. The number of amides is 1. The van der Waals surface area contributed by atoms with Crippen molar-refractivity contribution in [3.05, 3.63) is 81.3 Å². The highest BCUT2D eigenvalue weighted by molar-refractivity contribution is 7.98. The second kappa shape index (κ2) is 11.0. The summed E-state index contributed by atoms with van der Waals surface area (Å²) in [6, 6.07) is 16.5. The highest BCUT2D eigenvalue weighted by Crippen LogP contribution is 2.40. The Morgan fingerprint density at radius 1 is 1.06 bits per heavy atom. The molecule has 0 aliphatic carbocycles. The van der Waals surface area contributed by atoms with E-state index in [-0.39, 0.29) is 18.4 Å². The predicted octanol–water partition coefficient (Wildman–Crippen LogP) is 7.57. The molecule has 0 radical (unpaired) electrons. The fourth-order valence-corrected chi connectivity index (χ4v) is 4.09. The van der Waals surface area contributed by atoms with E-state index in [0.717, 1.165) is 16.2 Å². The summed E-state index contributed by atoms with van der Waals surface area (Å²) in [5.74, 6) is 1.83. The van der Waals surface area contributed by atoms with E-state index in [0.29, 0.717) is 32.7 Å². The summed E-state index contributed by atoms with van der Waals surface area (Å²) in [6.07, 6.45) is 1.99. The van der Waals surface area contributed by atoms with Crippen LogP contribution < -0.4 is 14.8 Å². The molecule has 0 atom stereocenters. The Kier molecular flexibility index (Phi) is 8.35. The van der Waals surface area contributed by atoms with Crippen molar-refractivity contribution < 1.29 is 14.3 Å². The smallest absolute Gasteiger partial charge is 0.251 e. The summed E-state index contributed by atoms with van der Waals surface area (Å²) in [5.41, 5.74) is 2.31. The van der Waals surface area contributed by atoms with E-state index in [9.17, 15) is 4.79 Å². The Morgan fingerprint density at radius 2 is 1.78 bits per heavy atom. The molecule has 0 bridgehead atoms. The van der Waals surface area contributed by atoms with Crippen LogP contribution >= 0.6 is 35.0 Å². The van der Waals surface area contributed by atoms with Crippen molar-refractivity contribution in [1.29, 1.82) is 0 Å². The first kappa shape index (κ1) is 24.3. The molecule has 1 N–H and O–H groups in total. The zero-order chi connectivity index (χ0) is 23.3. The molecule has 3 aromatic carbocycles. The SMILES string of the molecule is COc1ccc(Oc2c(Cl)ccc(CNC(=O)c3ccc(SC)cc3)c2Cl)cc1C(C)C. The fraction of sp³-hybridized carbons (Fsp3) is 0.240. The van der Waals surface area contributed by atoms with Crippen molar-refractivity contribution in [2.75, 3.05) is 13.4 Å². The van der Waals surface area contributed by atoms with Gasteiger partial charge in [-0.15, -0.1) is 11.8 Å². The molecule has 1 amide bonds. The van der Waals surface area contributed by atoms with Crippen LogP contribution in [0.5, 0.6) is 17.2 Å². The molecule has 3 aromatic rings. The zero-order valence-corrected chi connectivity index (χ0v) is 20.7. The monoisotopic (exact) mass is 489 g/mol. The lowest BCUT2D eigenvalue weighted by Crippen LogP contribution is -2.22. The first-order valence-corrected chi connectivity index (χ1v) is 12.1. The van der Waals surface area contributed by atoms with Crippen molar-refractivity contribution in [2.45, 2.75) is 31.2 Å². The van der Waals surface area contributed by atoms with Gasteiger partial charge in [-0.1, -0.05) is 43.1 Å². The van der Waals surface area contributed by atoms with Crippen molar-refractivity contribution in [1.82, 2.24) is 5.32 Å². The van der Waals surface area contributed by atoms with E-state index in [1.165, 1.54) is 0 Å². The molecule has 3 rings (SSSR count). The van der Waals surface area contributed by atoms with Gasteiger partial charge in [0, 0.05) is 22.6 Å². The van der Waals surface area contributed by atoms with Gasteiger partial charge in [0.25, 0.3) is 5.91 Å². The summed E-state index contributed by atoms with van der Waals surface area (Å²) in [7, 11) is 1.64. The van der Waals surface area contributed by atoms with Crippen LogP contribution in [0.15, 0.2) is 59.5 Å². The minimum atomic E-state index is -0.178. The largest absolute Gasteiger partial charge is 0.496 e. The molecule has 0 spiro atoms. The molecule has 7 heteroatoms. The quantitative estimate of drug-likeness (QED) is 0.331. The number of thioether (sulfide) groups is 1. The van der Waals surface area contributed by atoms with Gasteiger partial charge in [0.2, 0.25) is 0 Å². The molecule has 0 heterocycles. The number of hydrogen-bond donors (Lipinski definition) is 1. The lowest BCUT2D eigenvalue weighted by Gasteiger charge is -2.16. The lowest BCUT2D eigenvalue weighted by molar-refractivity contribution is 0.0951. The van der Waals surface area contributed by atoms with Crippen molar-refractivity contribution in [3.8, 4) is 17.2 Å². The number of carbonyl (C=O) groups excluding carboxylic acids is 1. The molecule has 0 fully saturated rings. The van der Waals surface area contributed by atoms with Crippen molar-refractivity contribution in [3.63, 3.8) is 0 Å². The van der Waals surface area contributed by atoms with Crippen molar-refractivity contribution >= 4 is 40.9 Å². The number of ether oxygens (including phenoxy) is 2. The fourth-order valence-electron chi connectivity index (χ4n) is 3.17. The molecule has 0 aliphatic rings. The van der Waals surface area contributed by atoms with Crippen LogP contribution in [0.4, 0.5) is 0 Å². The number of benzene rings is 3. The van der Waals surface area contributed by atoms with Crippen molar-refractivity contribution in [2.24, 2.45) is 0 Å². The molecule has 0 unspecified atom stereocenters.